The number of carbonyl (C=O) groups excluding carboxylic acids is 1. The number of aromatic nitrogens is 2. The summed E-state index contributed by atoms with van der Waals surface area (Å²) in [4.78, 5) is 21.1. The highest BCUT2D eigenvalue weighted by Gasteiger charge is 2.31. The predicted molar refractivity (Wildman–Crippen MR) is 102 cm³/mol. The maximum absolute atomic E-state index is 13.0. The Morgan fingerprint density at radius 3 is 2.36 bits per heavy atom. The molecule has 2 aromatic carbocycles. The fourth-order valence-electron chi connectivity index (χ4n) is 2.35. The number of amides is 1. The Morgan fingerprint density at radius 1 is 1.04 bits per heavy atom. The molecule has 4 nitrogen and oxygen atoms in total. The SMILES string of the molecule is O=C(Nc1cc(C(F)(F)F)ccc1Cl)C(Sc1ncccn1)c1ccccc1. The Balaban J connectivity index is 1.90. The molecule has 0 fully saturated rings. The first-order valence-corrected chi connectivity index (χ1v) is 9.26. The van der Waals surface area contributed by atoms with Crippen molar-refractivity contribution in [2.75, 3.05) is 5.32 Å². The van der Waals surface area contributed by atoms with Gasteiger partial charge in [0.1, 0.15) is 5.25 Å². The van der Waals surface area contributed by atoms with E-state index >= 15 is 0 Å². The van der Waals surface area contributed by atoms with E-state index in [-0.39, 0.29) is 10.7 Å². The van der Waals surface area contributed by atoms with Crippen LogP contribution in [0.1, 0.15) is 16.4 Å². The number of nitrogens with zero attached hydrogens (tertiary/aromatic N) is 2. The number of nitrogens with one attached hydrogen (secondary N) is 1. The summed E-state index contributed by atoms with van der Waals surface area (Å²) in [6.07, 6.45) is -1.46. The van der Waals surface area contributed by atoms with Gasteiger partial charge in [0.25, 0.3) is 0 Å². The summed E-state index contributed by atoms with van der Waals surface area (Å²) in [6, 6.07) is 13.2. The van der Waals surface area contributed by atoms with E-state index in [1.807, 2.05) is 0 Å². The summed E-state index contributed by atoms with van der Waals surface area (Å²) in [7, 11) is 0. The number of carbonyl (C=O) groups is 1. The van der Waals surface area contributed by atoms with E-state index < -0.39 is 22.9 Å². The van der Waals surface area contributed by atoms with Gasteiger partial charge in [-0.15, -0.1) is 0 Å². The average Bonchev–Trinajstić information content (AvgIpc) is 2.68. The van der Waals surface area contributed by atoms with Crippen molar-refractivity contribution in [1.82, 2.24) is 9.97 Å². The minimum atomic E-state index is -4.55. The lowest BCUT2D eigenvalue weighted by Crippen LogP contribution is -2.20. The highest BCUT2D eigenvalue weighted by molar-refractivity contribution is 8.00. The second kappa shape index (κ2) is 8.62. The van der Waals surface area contributed by atoms with Gasteiger partial charge in [-0.05, 0) is 29.8 Å². The molecule has 1 atom stereocenters. The number of thioether (sulfide) groups is 1. The van der Waals surface area contributed by atoms with Crippen molar-refractivity contribution in [2.45, 2.75) is 16.6 Å². The first kappa shape index (κ1) is 20.2. The molecule has 9 heteroatoms. The number of halogens is 4. The molecule has 1 heterocycles. The number of hydrogen-bond acceptors (Lipinski definition) is 4. The fraction of sp³-hybridized carbons (Fsp3) is 0.105. The molecule has 0 radical (unpaired) electrons. The van der Waals surface area contributed by atoms with Crippen LogP contribution in [-0.2, 0) is 11.0 Å². The van der Waals surface area contributed by atoms with Gasteiger partial charge >= 0.3 is 6.18 Å². The quantitative estimate of drug-likeness (QED) is 0.427. The van der Waals surface area contributed by atoms with Gasteiger partial charge in [0.05, 0.1) is 16.3 Å². The van der Waals surface area contributed by atoms with Crippen molar-refractivity contribution in [3.8, 4) is 0 Å². The van der Waals surface area contributed by atoms with Crippen molar-refractivity contribution in [3.63, 3.8) is 0 Å². The van der Waals surface area contributed by atoms with Gasteiger partial charge in [0.2, 0.25) is 5.91 Å². The van der Waals surface area contributed by atoms with Crippen LogP contribution in [0.25, 0.3) is 0 Å². The maximum atomic E-state index is 13.0. The summed E-state index contributed by atoms with van der Waals surface area (Å²) >= 11 is 7.07. The van der Waals surface area contributed by atoms with Gasteiger partial charge in [-0.1, -0.05) is 53.7 Å². The molecule has 0 aliphatic rings. The summed E-state index contributed by atoms with van der Waals surface area (Å²) in [6.45, 7) is 0. The zero-order valence-corrected chi connectivity index (χ0v) is 15.7. The zero-order chi connectivity index (χ0) is 20.1. The van der Waals surface area contributed by atoms with Crippen molar-refractivity contribution in [2.24, 2.45) is 0 Å². The van der Waals surface area contributed by atoms with Crippen LogP contribution in [-0.4, -0.2) is 15.9 Å². The minimum absolute atomic E-state index is 0.00845. The molecule has 1 unspecified atom stereocenters. The number of benzene rings is 2. The highest BCUT2D eigenvalue weighted by Crippen LogP contribution is 2.37. The normalized spacial score (nSPS) is 12.4. The van der Waals surface area contributed by atoms with Crippen LogP contribution in [0.5, 0.6) is 0 Å². The second-order valence-corrected chi connectivity index (χ2v) is 7.10. The summed E-state index contributed by atoms with van der Waals surface area (Å²) in [5.74, 6) is -0.537. The van der Waals surface area contributed by atoms with Crippen LogP contribution < -0.4 is 5.32 Å². The van der Waals surface area contributed by atoms with Crippen molar-refractivity contribution in [3.05, 3.63) is 83.1 Å². The molecule has 3 aromatic rings. The largest absolute Gasteiger partial charge is 0.416 e. The third kappa shape index (κ3) is 5.02. The summed E-state index contributed by atoms with van der Waals surface area (Å²) < 4.78 is 38.9. The van der Waals surface area contributed by atoms with E-state index in [1.54, 1.807) is 48.8 Å². The standard InChI is InChI=1S/C19H13ClF3N3OS/c20-14-8-7-13(19(21,22)23)11-15(14)26-17(27)16(12-5-2-1-3-6-12)28-18-24-9-4-10-25-18/h1-11,16H,(H,26,27). The molecule has 0 saturated heterocycles. The number of rotatable bonds is 5. The molecular weight excluding hydrogens is 411 g/mol. The Kier molecular flexibility index (Phi) is 6.21. The molecule has 144 valence electrons. The molecule has 3 rings (SSSR count). The third-order valence-electron chi connectivity index (χ3n) is 3.66. The molecular formula is C19H13ClF3N3OS. The van der Waals surface area contributed by atoms with Crippen molar-refractivity contribution >= 4 is 35.0 Å². The van der Waals surface area contributed by atoms with Crippen LogP contribution in [0.2, 0.25) is 5.02 Å². The first-order chi connectivity index (χ1) is 13.3. The lowest BCUT2D eigenvalue weighted by Gasteiger charge is -2.17. The molecule has 28 heavy (non-hydrogen) atoms. The number of anilines is 1. The molecule has 0 aliphatic heterocycles. The Morgan fingerprint density at radius 2 is 1.71 bits per heavy atom. The van der Waals surface area contributed by atoms with Crippen LogP contribution in [0.4, 0.5) is 18.9 Å². The van der Waals surface area contributed by atoms with Crippen molar-refractivity contribution in [1.29, 1.82) is 0 Å². The summed E-state index contributed by atoms with van der Waals surface area (Å²) in [5.41, 5.74) is -0.361. The smallest absolute Gasteiger partial charge is 0.323 e. The molecule has 0 spiro atoms. The Hall–Kier alpha value is -2.58. The van der Waals surface area contributed by atoms with Gasteiger partial charge in [0, 0.05) is 12.4 Å². The fourth-order valence-corrected chi connectivity index (χ4v) is 3.43. The van der Waals surface area contributed by atoms with E-state index in [0.29, 0.717) is 10.7 Å². The molecule has 0 bridgehead atoms. The van der Waals surface area contributed by atoms with Crippen molar-refractivity contribution < 1.29 is 18.0 Å². The minimum Gasteiger partial charge on any atom is -0.323 e. The topological polar surface area (TPSA) is 54.9 Å². The van der Waals surface area contributed by atoms with E-state index in [9.17, 15) is 18.0 Å². The molecule has 1 N–H and O–H groups in total. The second-order valence-electron chi connectivity index (χ2n) is 5.62. The van der Waals surface area contributed by atoms with Crippen LogP contribution in [0, 0.1) is 0 Å². The van der Waals surface area contributed by atoms with Gasteiger partial charge in [-0.3, -0.25) is 4.79 Å². The first-order valence-electron chi connectivity index (χ1n) is 8.01. The number of alkyl halides is 3. The maximum Gasteiger partial charge on any atom is 0.416 e. The van der Waals surface area contributed by atoms with Gasteiger partial charge in [-0.2, -0.15) is 13.2 Å². The van der Waals surface area contributed by atoms with E-state index in [1.165, 1.54) is 0 Å². The molecule has 0 saturated carbocycles. The van der Waals surface area contributed by atoms with Gasteiger partial charge in [-0.25, -0.2) is 9.97 Å². The Labute approximate surface area is 168 Å². The third-order valence-corrected chi connectivity index (χ3v) is 5.13. The van der Waals surface area contributed by atoms with Gasteiger partial charge in [0.15, 0.2) is 5.16 Å². The van der Waals surface area contributed by atoms with Crippen LogP contribution >= 0.6 is 23.4 Å². The van der Waals surface area contributed by atoms with E-state index in [4.69, 9.17) is 11.6 Å². The average molecular weight is 424 g/mol. The highest BCUT2D eigenvalue weighted by atomic mass is 35.5. The monoisotopic (exact) mass is 423 g/mol. The van der Waals surface area contributed by atoms with Gasteiger partial charge < -0.3 is 5.32 Å². The zero-order valence-electron chi connectivity index (χ0n) is 14.2. The van der Waals surface area contributed by atoms with Crippen LogP contribution in [0.15, 0.2) is 72.1 Å². The molecule has 1 amide bonds. The molecule has 1 aromatic heterocycles. The Bertz CT molecular complexity index is 956. The molecule has 0 aliphatic carbocycles. The van der Waals surface area contributed by atoms with E-state index in [0.717, 1.165) is 30.0 Å². The number of hydrogen-bond donors (Lipinski definition) is 1. The predicted octanol–water partition coefficient (Wildman–Crippen LogP) is 5.62. The van der Waals surface area contributed by atoms with E-state index in [2.05, 4.69) is 15.3 Å². The lowest BCUT2D eigenvalue weighted by atomic mass is 10.1. The lowest BCUT2D eigenvalue weighted by molar-refractivity contribution is -0.137. The van der Waals surface area contributed by atoms with Crippen LogP contribution in [0.3, 0.4) is 0 Å². The summed E-state index contributed by atoms with van der Waals surface area (Å²) in [5, 5.41) is 2.08.